The third-order valence-corrected chi connectivity index (χ3v) is 5.11. The molecule has 1 atom stereocenters. The summed E-state index contributed by atoms with van der Waals surface area (Å²) < 4.78 is 0. The smallest absolute Gasteiger partial charge is 0.269 e. The Balaban J connectivity index is 1.47. The fourth-order valence-corrected chi connectivity index (χ4v) is 3.64. The van der Waals surface area contributed by atoms with Crippen LogP contribution in [0.3, 0.4) is 0 Å². The molecule has 2 aromatic rings. The first-order valence-electron chi connectivity index (χ1n) is 9.35. The van der Waals surface area contributed by atoms with Crippen LogP contribution in [0.4, 0.5) is 5.69 Å². The van der Waals surface area contributed by atoms with Crippen LogP contribution in [0.25, 0.3) is 0 Å². The van der Waals surface area contributed by atoms with E-state index in [-0.39, 0.29) is 5.69 Å². The second-order valence-corrected chi connectivity index (χ2v) is 7.00. The SMILES string of the molecule is O=[N+]([O-])c1ccc2c(c1)C(O)CN(CCCCCc1ccccc1)CC2. The van der Waals surface area contributed by atoms with Gasteiger partial charge in [-0.25, -0.2) is 0 Å². The highest BCUT2D eigenvalue weighted by Crippen LogP contribution is 2.27. The topological polar surface area (TPSA) is 66.6 Å². The number of nitrogens with zero attached hydrogens (tertiary/aromatic N) is 2. The van der Waals surface area contributed by atoms with Crippen LogP contribution in [-0.4, -0.2) is 34.6 Å². The summed E-state index contributed by atoms with van der Waals surface area (Å²) in [6.45, 7) is 2.40. The number of fused-ring (bicyclic) bond motifs is 1. The van der Waals surface area contributed by atoms with Crippen molar-refractivity contribution in [3.8, 4) is 0 Å². The van der Waals surface area contributed by atoms with Crippen molar-refractivity contribution in [1.82, 2.24) is 4.90 Å². The maximum absolute atomic E-state index is 11.0. The molecule has 3 rings (SSSR count). The molecule has 0 aromatic heterocycles. The lowest BCUT2D eigenvalue weighted by atomic mass is 10.0. The van der Waals surface area contributed by atoms with Gasteiger partial charge in [0.1, 0.15) is 0 Å². The molecule has 0 amide bonds. The lowest BCUT2D eigenvalue weighted by Gasteiger charge is -2.21. The predicted molar refractivity (Wildman–Crippen MR) is 102 cm³/mol. The molecule has 138 valence electrons. The van der Waals surface area contributed by atoms with Gasteiger partial charge in [0.15, 0.2) is 0 Å². The van der Waals surface area contributed by atoms with Crippen molar-refractivity contribution in [2.75, 3.05) is 19.6 Å². The summed E-state index contributed by atoms with van der Waals surface area (Å²) in [6.07, 6.45) is 4.73. The Bertz CT molecular complexity index is 733. The fraction of sp³-hybridized carbons (Fsp3) is 0.429. The number of nitro benzene ring substituents is 1. The summed E-state index contributed by atoms with van der Waals surface area (Å²) in [4.78, 5) is 12.8. The molecule has 0 aliphatic carbocycles. The molecule has 1 unspecified atom stereocenters. The number of non-ortho nitro benzene ring substituents is 1. The number of aliphatic hydroxyl groups is 1. The number of rotatable bonds is 7. The van der Waals surface area contributed by atoms with Crippen molar-refractivity contribution in [2.45, 2.75) is 38.2 Å². The molecule has 5 nitrogen and oxygen atoms in total. The van der Waals surface area contributed by atoms with Crippen LogP contribution >= 0.6 is 0 Å². The number of hydrogen-bond acceptors (Lipinski definition) is 4. The molecule has 0 saturated heterocycles. The number of aryl methyl sites for hydroxylation is 1. The molecular weight excluding hydrogens is 328 g/mol. The van der Waals surface area contributed by atoms with Crippen molar-refractivity contribution >= 4 is 5.69 Å². The molecule has 0 radical (unpaired) electrons. The molecule has 26 heavy (non-hydrogen) atoms. The molecule has 1 aliphatic rings. The molecule has 1 N–H and O–H groups in total. The molecule has 1 aliphatic heterocycles. The first-order valence-corrected chi connectivity index (χ1v) is 9.35. The second kappa shape index (κ2) is 8.92. The number of aliphatic hydroxyl groups excluding tert-OH is 1. The largest absolute Gasteiger partial charge is 0.387 e. The lowest BCUT2D eigenvalue weighted by Crippen LogP contribution is -2.29. The monoisotopic (exact) mass is 354 g/mol. The maximum Gasteiger partial charge on any atom is 0.269 e. The normalized spacial score (nSPS) is 17.5. The van der Waals surface area contributed by atoms with Crippen LogP contribution in [0.5, 0.6) is 0 Å². The van der Waals surface area contributed by atoms with Gasteiger partial charge in [0.2, 0.25) is 0 Å². The van der Waals surface area contributed by atoms with E-state index in [4.69, 9.17) is 0 Å². The van der Waals surface area contributed by atoms with Gasteiger partial charge in [0, 0.05) is 25.2 Å². The molecule has 0 spiro atoms. The van der Waals surface area contributed by atoms with E-state index in [1.54, 1.807) is 6.07 Å². The van der Waals surface area contributed by atoms with Crippen LogP contribution in [0.15, 0.2) is 48.5 Å². The predicted octanol–water partition coefficient (Wildman–Crippen LogP) is 3.90. The van der Waals surface area contributed by atoms with Crippen molar-refractivity contribution in [1.29, 1.82) is 0 Å². The Morgan fingerprint density at radius 1 is 1.12 bits per heavy atom. The van der Waals surface area contributed by atoms with Crippen molar-refractivity contribution in [2.24, 2.45) is 0 Å². The minimum atomic E-state index is -0.656. The Hall–Kier alpha value is -2.24. The van der Waals surface area contributed by atoms with Gasteiger partial charge in [-0.1, -0.05) is 42.8 Å². The second-order valence-electron chi connectivity index (χ2n) is 7.00. The summed E-state index contributed by atoms with van der Waals surface area (Å²) >= 11 is 0. The fourth-order valence-electron chi connectivity index (χ4n) is 3.64. The first-order chi connectivity index (χ1) is 12.6. The standard InChI is InChI=1S/C21H26N2O3/c24-21-16-22(13-6-2-5-9-17-7-3-1-4-8-17)14-12-18-10-11-19(23(25)26)15-20(18)21/h1,3-4,7-8,10-11,15,21,24H,2,5-6,9,12-14,16H2. The van der Waals surface area contributed by atoms with E-state index in [0.717, 1.165) is 37.9 Å². The van der Waals surface area contributed by atoms with Crippen molar-refractivity contribution < 1.29 is 10.0 Å². The number of benzene rings is 2. The van der Waals surface area contributed by atoms with Gasteiger partial charge < -0.3 is 10.0 Å². The minimum absolute atomic E-state index is 0.0529. The van der Waals surface area contributed by atoms with Crippen LogP contribution in [0.2, 0.25) is 0 Å². The van der Waals surface area contributed by atoms with Crippen molar-refractivity contribution in [3.05, 3.63) is 75.3 Å². The van der Waals surface area contributed by atoms with Gasteiger partial charge in [-0.05, 0) is 48.9 Å². The summed E-state index contributed by atoms with van der Waals surface area (Å²) in [5, 5.41) is 21.5. The zero-order valence-corrected chi connectivity index (χ0v) is 15.0. The number of β-amino-alcohol motifs (C(OH)–C–C–N with tert-alkyl or cyclic N) is 1. The van der Waals surface area contributed by atoms with Gasteiger partial charge in [0.05, 0.1) is 11.0 Å². The van der Waals surface area contributed by atoms with Crippen LogP contribution in [-0.2, 0) is 12.8 Å². The maximum atomic E-state index is 11.0. The Labute approximate surface area is 154 Å². The van der Waals surface area contributed by atoms with E-state index in [9.17, 15) is 15.2 Å². The van der Waals surface area contributed by atoms with Crippen LogP contribution < -0.4 is 0 Å². The van der Waals surface area contributed by atoms with E-state index in [1.165, 1.54) is 30.5 Å². The van der Waals surface area contributed by atoms with E-state index < -0.39 is 11.0 Å². The molecule has 5 heteroatoms. The van der Waals surface area contributed by atoms with Gasteiger partial charge in [-0.15, -0.1) is 0 Å². The highest BCUT2D eigenvalue weighted by Gasteiger charge is 2.23. The van der Waals surface area contributed by atoms with Gasteiger partial charge in [-0.3, -0.25) is 10.1 Å². The molecular formula is C21H26N2O3. The Morgan fingerprint density at radius 3 is 2.69 bits per heavy atom. The van der Waals surface area contributed by atoms with Gasteiger partial charge >= 0.3 is 0 Å². The van der Waals surface area contributed by atoms with Crippen molar-refractivity contribution in [3.63, 3.8) is 0 Å². The summed E-state index contributed by atoms with van der Waals surface area (Å²) in [5.41, 5.74) is 3.17. The van der Waals surface area contributed by atoms with Crippen LogP contribution in [0, 0.1) is 10.1 Å². The Kier molecular flexibility index (Phi) is 6.36. The number of unbranched alkanes of at least 4 members (excludes halogenated alkanes) is 2. The first kappa shape index (κ1) is 18.5. The third-order valence-electron chi connectivity index (χ3n) is 5.11. The third kappa shape index (κ3) is 4.90. The quantitative estimate of drug-likeness (QED) is 0.465. The molecule has 0 fully saturated rings. The zero-order chi connectivity index (χ0) is 18.4. The average Bonchev–Trinajstić information content (AvgIpc) is 2.81. The van der Waals surface area contributed by atoms with E-state index in [0.29, 0.717) is 12.1 Å². The molecule has 0 saturated carbocycles. The molecule has 0 bridgehead atoms. The highest BCUT2D eigenvalue weighted by molar-refractivity contribution is 5.41. The Morgan fingerprint density at radius 2 is 1.92 bits per heavy atom. The summed E-state index contributed by atoms with van der Waals surface area (Å²) in [5.74, 6) is 0. The number of nitro groups is 1. The molecule has 1 heterocycles. The summed E-state index contributed by atoms with van der Waals surface area (Å²) in [7, 11) is 0. The van der Waals surface area contributed by atoms with E-state index >= 15 is 0 Å². The lowest BCUT2D eigenvalue weighted by molar-refractivity contribution is -0.385. The van der Waals surface area contributed by atoms with Crippen LogP contribution in [0.1, 0.15) is 42.1 Å². The summed E-state index contributed by atoms with van der Waals surface area (Å²) in [6, 6.07) is 15.4. The van der Waals surface area contributed by atoms with Gasteiger partial charge in [-0.2, -0.15) is 0 Å². The average molecular weight is 354 g/mol. The van der Waals surface area contributed by atoms with E-state index in [1.807, 2.05) is 6.07 Å². The highest BCUT2D eigenvalue weighted by atomic mass is 16.6. The zero-order valence-electron chi connectivity index (χ0n) is 15.0. The van der Waals surface area contributed by atoms with Gasteiger partial charge in [0.25, 0.3) is 5.69 Å². The van der Waals surface area contributed by atoms with E-state index in [2.05, 4.69) is 29.2 Å². The molecule has 2 aromatic carbocycles. The number of hydrogen-bond donors (Lipinski definition) is 1. The minimum Gasteiger partial charge on any atom is -0.387 e.